The van der Waals surface area contributed by atoms with E-state index in [2.05, 4.69) is 6.92 Å². The summed E-state index contributed by atoms with van der Waals surface area (Å²) in [4.78, 5) is 9.19. The quantitative estimate of drug-likeness (QED) is 0.558. The zero-order valence-electron chi connectivity index (χ0n) is 5.76. The number of hydrogen-bond acceptors (Lipinski definition) is 2. The van der Waals surface area contributed by atoms with Gasteiger partial charge in [0.25, 0.3) is 0 Å². The third-order valence-corrected chi connectivity index (χ3v) is 0.439. The van der Waals surface area contributed by atoms with Crippen molar-refractivity contribution in [3.8, 4) is 0 Å². The number of carbonyl (C=O) groups excluding carboxylic acids is 1. The van der Waals surface area contributed by atoms with E-state index in [0.717, 1.165) is 6.42 Å². The fourth-order valence-corrected chi connectivity index (χ4v) is 0.0680. The van der Waals surface area contributed by atoms with E-state index >= 15 is 0 Å². The van der Waals surface area contributed by atoms with Gasteiger partial charge in [-0.15, -0.1) is 0 Å². The molecule has 0 aliphatic heterocycles. The Labute approximate surface area is 56.7 Å². The molecule has 0 aromatic carbocycles. The fraction of sp³-hybridized carbons (Fsp3) is 0.429. The van der Waals surface area contributed by atoms with Gasteiger partial charge in [0.05, 0.1) is 0 Å². The molecule has 0 rings (SSSR count). The zero-order valence-corrected chi connectivity index (χ0v) is 5.76. The minimum Gasteiger partial charge on any atom is -0.330 e. The van der Waals surface area contributed by atoms with Crippen LogP contribution in [-0.2, 0) is 4.79 Å². The van der Waals surface area contributed by atoms with Crippen molar-refractivity contribution in [2.24, 2.45) is 5.73 Å². The number of nitrogens with two attached hydrogens (primary N) is 1. The summed E-state index contributed by atoms with van der Waals surface area (Å²) >= 11 is 0. The number of allylic oxidation sites excluding steroid dienone is 2. The van der Waals surface area contributed by atoms with Crippen molar-refractivity contribution in [3.05, 3.63) is 19.1 Å². The molecule has 2 nitrogen and oxygen atoms in total. The average molecular weight is 127 g/mol. The summed E-state index contributed by atoms with van der Waals surface area (Å²) in [5, 5.41) is 0. The van der Waals surface area contributed by atoms with Crippen LogP contribution in [0.4, 0.5) is 0 Å². The Morgan fingerprint density at radius 1 is 1.78 bits per heavy atom. The number of rotatable bonds is 2. The predicted molar refractivity (Wildman–Crippen MR) is 39.5 cm³/mol. The van der Waals surface area contributed by atoms with E-state index in [1.165, 1.54) is 6.08 Å². The standard InChI is InChI=1S/C4H5O.C3H8N/c1-2-3-4-5;1-2-3-4/h2-3H,1H3;1-4H2. The predicted octanol–water partition coefficient (Wildman–Crippen LogP) is 0.841. The molecule has 2 heteroatoms. The molecule has 0 spiro atoms. The zero-order chi connectivity index (χ0) is 7.54. The highest BCUT2D eigenvalue weighted by Crippen LogP contribution is 1.56. The van der Waals surface area contributed by atoms with E-state index in [-0.39, 0.29) is 0 Å². The Kier molecular flexibility index (Phi) is 19.5. The molecule has 0 aromatic heterocycles. The van der Waals surface area contributed by atoms with Crippen LogP contribution in [0.2, 0.25) is 0 Å². The molecule has 0 aliphatic carbocycles. The molecule has 52 valence electrons. The molecule has 0 aromatic rings. The summed E-state index contributed by atoms with van der Waals surface area (Å²) in [5.74, 6) is 0. The summed E-state index contributed by atoms with van der Waals surface area (Å²) in [7, 11) is 0. The van der Waals surface area contributed by atoms with Crippen molar-refractivity contribution < 1.29 is 4.79 Å². The van der Waals surface area contributed by atoms with Crippen molar-refractivity contribution in [3.63, 3.8) is 0 Å². The normalized spacial score (nSPS) is 8.33. The minimum absolute atomic E-state index is 0.708. The fourth-order valence-electron chi connectivity index (χ4n) is 0.0680. The SMILES string of the molecule is CC=C[C]=O.[CH2]CCN. The topological polar surface area (TPSA) is 43.1 Å². The van der Waals surface area contributed by atoms with Crippen LogP contribution in [0, 0.1) is 6.92 Å². The summed E-state index contributed by atoms with van der Waals surface area (Å²) in [5.41, 5.74) is 4.97. The van der Waals surface area contributed by atoms with Crippen LogP contribution in [0.5, 0.6) is 0 Å². The van der Waals surface area contributed by atoms with Gasteiger partial charge in [-0.1, -0.05) is 13.0 Å². The van der Waals surface area contributed by atoms with Gasteiger partial charge in [-0.2, -0.15) is 0 Å². The highest BCUT2D eigenvalue weighted by Gasteiger charge is 1.55. The second kappa shape index (κ2) is 15.7. The number of hydrogen-bond donors (Lipinski definition) is 1. The van der Waals surface area contributed by atoms with E-state index in [4.69, 9.17) is 5.73 Å². The molecule has 0 saturated carbocycles. The van der Waals surface area contributed by atoms with Gasteiger partial charge in [0.15, 0.2) is 0 Å². The Balaban J connectivity index is 0. The molecule has 0 unspecified atom stereocenters. The Morgan fingerprint density at radius 2 is 2.22 bits per heavy atom. The van der Waals surface area contributed by atoms with Gasteiger partial charge in [0, 0.05) is 0 Å². The summed E-state index contributed by atoms with van der Waals surface area (Å²) in [6.45, 7) is 5.96. The molecule has 0 aliphatic rings. The first kappa shape index (κ1) is 11.2. The maximum absolute atomic E-state index is 9.19. The third kappa shape index (κ3) is 37.8. The Bertz CT molecular complexity index is 67.3. The van der Waals surface area contributed by atoms with Gasteiger partial charge in [0.1, 0.15) is 0 Å². The molecule has 9 heavy (non-hydrogen) atoms. The van der Waals surface area contributed by atoms with E-state index in [1.807, 2.05) is 0 Å². The van der Waals surface area contributed by atoms with Crippen molar-refractivity contribution >= 4 is 6.29 Å². The van der Waals surface area contributed by atoms with Crippen LogP contribution in [0.3, 0.4) is 0 Å². The maximum Gasteiger partial charge on any atom is 0.225 e. The first-order valence-corrected chi connectivity index (χ1v) is 2.81. The van der Waals surface area contributed by atoms with Crippen molar-refractivity contribution in [2.75, 3.05) is 6.54 Å². The molecular formula is C7H13NO. The molecule has 2 radical (unpaired) electrons. The van der Waals surface area contributed by atoms with Crippen LogP contribution >= 0.6 is 0 Å². The smallest absolute Gasteiger partial charge is 0.225 e. The molecule has 0 saturated heterocycles. The van der Waals surface area contributed by atoms with Crippen LogP contribution in [-0.4, -0.2) is 12.8 Å². The lowest BCUT2D eigenvalue weighted by Gasteiger charge is -1.70. The molecular weight excluding hydrogens is 114 g/mol. The van der Waals surface area contributed by atoms with Crippen LogP contribution < -0.4 is 5.73 Å². The third-order valence-electron chi connectivity index (χ3n) is 0.439. The van der Waals surface area contributed by atoms with Crippen molar-refractivity contribution in [1.29, 1.82) is 0 Å². The minimum atomic E-state index is 0.708. The average Bonchev–Trinajstić information content (AvgIpc) is 1.91. The van der Waals surface area contributed by atoms with E-state index in [0.29, 0.717) is 6.54 Å². The highest BCUT2D eigenvalue weighted by atomic mass is 16.1. The second-order valence-electron chi connectivity index (χ2n) is 1.26. The first-order chi connectivity index (χ1) is 4.33. The lowest BCUT2D eigenvalue weighted by atomic mass is 10.5. The van der Waals surface area contributed by atoms with Crippen LogP contribution in [0.1, 0.15) is 13.3 Å². The Hall–Kier alpha value is -0.630. The summed E-state index contributed by atoms with van der Waals surface area (Å²) in [6, 6.07) is 0. The van der Waals surface area contributed by atoms with E-state index in [9.17, 15) is 4.79 Å². The molecule has 0 amide bonds. The van der Waals surface area contributed by atoms with Gasteiger partial charge in [0.2, 0.25) is 6.29 Å². The highest BCUT2D eigenvalue weighted by molar-refractivity contribution is 5.65. The van der Waals surface area contributed by atoms with Crippen LogP contribution in [0.15, 0.2) is 12.2 Å². The van der Waals surface area contributed by atoms with Gasteiger partial charge >= 0.3 is 0 Å². The van der Waals surface area contributed by atoms with Gasteiger partial charge < -0.3 is 5.73 Å². The molecule has 0 atom stereocenters. The van der Waals surface area contributed by atoms with Gasteiger partial charge in [-0.3, -0.25) is 4.79 Å². The maximum atomic E-state index is 9.19. The molecule has 0 fully saturated rings. The summed E-state index contributed by atoms with van der Waals surface area (Å²) < 4.78 is 0. The summed E-state index contributed by atoms with van der Waals surface area (Å²) in [6.07, 6.45) is 5.39. The van der Waals surface area contributed by atoms with Gasteiger partial charge in [-0.05, 0) is 26.0 Å². The molecule has 2 N–H and O–H groups in total. The lowest BCUT2D eigenvalue weighted by molar-refractivity contribution is 0.564. The van der Waals surface area contributed by atoms with E-state index in [1.54, 1.807) is 19.3 Å². The molecule has 0 bridgehead atoms. The largest absolute Gasteiger partial charge is 0.330 e. The van der Waals surface area contributed by atoms with Crippen molar-refractivity contribution in [1.82, 2.24) is 0 Å². The van der Waals surface area contributed by atoms with Crippen LogP contribution in [0.25, 0.3) is 0 Å². The monoisotopic (exact) mass is 127 g/mol. The lowest BCUT2D eigenvalue weighted by Crippen LogP contribution is -1.93. The Morgan fingerprint density at radius 3 is 2.22 bits per heavy atom. The van der Waals surface area contributed by atoms with E-state index < -0.39 is 0 Å². The molecule has 0 heterocycles. The second-order valence-corrected chi connectivity index (χ2v) is 1.26. The van der Waals surface area contributed by atoms with Crippen molar-refractivity contribution in [2.45, 2.75) is 13.3 Å². The first-order valence-electron chi connectivity index (χ1n) is 2.81. The van der Waals surface area contributed by atoms with Gasteiger partial charge in [-0.25, -0.2) is 0 Å².